The summed E-state index contributed by atoms with van der Waals surface area (Å²) in [6.07, 6.45) is 5.10. The molecule has 0 radical (unpaired) electrons. The third kappa shape index (κ3) is 4.13. The number of furan rings is 1. The van der Waals surface area contributed by atoms with Crippen LogP contribution in [0.25, 0.3) is 11.4 Å². The van der Waals surface area contributed by atoms with Crippen LogP contribution in [0.3, 0.4) is 0 Å². The van der Waals surface area contributed by atoms with E-state index < -0.39 is 0 Å². The Morgan fingerprint density at radius 1 is 1.23 bits per heavy atom. The number of thioether (sulfide) groups is 1. The van der Waals surface area contributed by atoms with Crippen molar-refractivity contribution >= 4 is 17.7 Å². The maximum absolute atomic E-state index is 12.3. The third-order valence-electron chi connectivity index (χ3n) is 3.97. The van der Waals surface area contributed by atoms with Gasteiger partial charge in [-0.25, -0.2) is 0 Å². The van der Waals surface area contributed by atoms with Crippen LogP contribution in [0.1, 0.15) is 19.6 Å². The van der Waals surface area contributed by atoms with Crippen molar-refractivity contribution in [2.45, 2.75) is 25.5 Å². The van der Waals surface area contributed by atoms with Crippen molar-refractivity contribution in [2.24, 2.45) is 0 Å². The predicted molar refractivity (Wildman–Crippen MR) is 99.7 cm³/mol. The van der Waals surface area contributed by atoms with Gasteiger partial charge in [-0.3, -0.25) is 14.3 Å². The number of carbonyl (C=O) groups is 1. The van der Waals surface area contributed by atoms with Gasteiger partial charge in [-0.15, -0.1) is 10.2 Å². The molecule has 0 saturated heterocycles. The van der Waals surface area contributed by atoms with Gasteiger partial charge in [-0.2, -0.15) is 0 Å². The number of hydrogen-bond donors (Lipinski definition) is 0. The van der Waals surface area contributed by atoms with Gasteiger partial charge in [0, 0.05) is 31.0 Å². The quantitative estimate of drug-likeness (QED) is 0.567. The summed E-state index contributed by atoms with van der Waals surface area (Å²) in [5, 5.41) is 9.29. The lowest BCUT2D eigenvalue weighted by Crippen LogP contribution is -2.31. The molecule has 0 aliphatic rings. The Morgan fingerprint density at radius 2 is 2.08 bits per heavy atom. The highest BCUT2D eigenvalue weighted by Gasteiger charge is 2.18. The van der Waals surface area contributed by atoms with Gasteiger partial charge < -0.3 is 9.32 Å². The van der Waals surface area contributed by atoms with Crippen LogP contribution < -0.4 is 0 Å². The Balaban J connectivity index is 1.85. The molecule has 3 aromatic heterocycles. The van der Waals surface area contributed by atoms with E-state index in [2.05, 4.69) is 15.2 Å². The minimum absolute atomic E-state index is 0.0930. The zero-order chi connectivity index (χ0) is 18.4. The fourth-order valence-electron chi connectivity index (χ4n) is 2.60. The van der Waals surface area contributed by atoms with Gasteiger partial charge in [0.2, 0.25) is 5.91 Å². The number of amides is 1. The van der Waals surface area contributed by atoms with E-state index in [1.807, 2.05) is 47.6 Å². The van der Waals surface area contributed by atoms with Crippen molar-refractivity contribution in [2.75, 3.05) is 18.8 Å². The molecule has 7 nitrogen and oxygen atoms in total. The van der Waals surface area contributed by atoms with Crippen molar-refractivity contribution in [3.63, 3.8) is 0 Å². The van der Waals surface area contributed by atoms with Crippen LogP contribution in [0.15, 0.2) is 52.5 Å². The van der Waals surface area contributed by atoms with Gasteiger partial charge in [-0.05, 0) is 38.1 Å². The molecular formula is C18H21N5O2S. The Labute approximate surface area is 156 Å². The second kappa shape index (κ2) is 8.66. The summed E-state index contributed by atoms with van der Waals surface area (Å²) >= 11 is 1.39. The Morgan fingerprint density at radius 3 is 2.73 bits per heavy atom. The monoisotopic (exact) mass is 371 g/mol. The first-order valence-electron chi connectivity index (χ1n) is 8.49. The fourth-order valence-corrected chi connectivity index (χ4v) is 3.44. The lowest BCUT2D eigenvalue weighted by molar-refractivity contribution is -0.127. The zero-order valence-corrected chi connectivity index (χ0v) is 15.6. The van der Waals surface area contributed by atoms with Crippen molar-refractivity contribution in [3.05, 3.63) is 48.7 Å². The van der Waals surface area contributed by atoms with Crippen molar-refractivity contribution in [1.82, 2.24) is 24.6 Å². The highest BCUT2D eigenvalue weighted by atomic mass is 32.2. The third-order valence-corrected chi connectivity index (χ3v) is 4.92. The molecule has 1 amide bonds. The largest absolute Gasteiger partial charge is 0.467 e. The summed E-state index contributed by atoms with van der Waals surface area (Å²) in [6.45, 7) is 5.86. The molecule has 8 heteroatoms. The molecule has 3 heterocycles. The van der Waals surface area contributed by atoms with Crippen LogP contribution in [0.5, 0.6) is 0 Å². The Hall–Kier alpha value is -2.61. The molecule has 0 aromatic carbocycles. The fraction of sp³-hybridized carbons (Fsp3) is 0.333. The van der Waals surface area contributed by atoms with Crippen LogP contribution >= 0.6 is 11.8 Å². The summed E-state index contributed by atoms with van der Waals surface area (Å²) in [6, 6.07) is 7.55. The maximum Gasteiger partial charge on any atom is 0.233 e. The first kappa shape index (κ1) is 18.2. The SMILES string of the molecule is CCN(CC)C(=O)CSc1nnc(-c2cccnc2)n1Cc1ccco1. The van der Waals surface area contributed by atoms with Crippen LogP contribution in [0.4, 0.5) is 0 Å². The minimum Gasteiger partial charge on any atom is -0.467 e. The summed E-state index contributed by atoms with van der Waals surface area (Å²) in [5.41, 5.74) is 0.869. The van der Waals surface area contributed by atoms with Gasteiger partial charge in [-0.1, -0.05) is 11.8 Å². The van der Waals surface area contributed by atoms with Gasteiger partial charge in [0.25, 0.3) is 0 Å². The lowest BCUT2D eigenvalue weighted by Gasteiger charge is -2.18. The average molecular weight is 371 g/mol. The normalized spacial score (nSPS) is 10.8. The van der Waals surface area contributed by atoms with Crippen molar-refractivity contribution in [3.8, 4) is 11.4 Å². The minimum atomic E-state index is 0.0930. The molecule has 0 aliphatic heterocycles. The number of hydrogen-bond acceptors (Lipinski definition) is 6. The van der Waals surface area contributed by atoms with E-state index in [1.54, 1.807) is 18.7 Å². The molecule has 0 unspecified atom stereocenters. The standard InChI is InChI=1S/C18H21N5O2S/c1-3-22(4-2)16(24)13-26-18-21-20-17(14-7-5-9-19-11-14)23(18)12-15-8-6-10-25-15/h5-11H,3-4,12-13H2,1-2H3. The topological polar surface area (TPSA) is 77.1 Å². The van der Waals surface area contributed by atoms with Gasteiger partial charge in [0.1, 0.15) is 5.76 Å². The smallest absolute Gasteiger partial charge is 0.233 e. The zero-order valence-electron chi connectivity index (χ0n) is 14.8. The van der Waals surface area contributed by atoms with Crippen molar-refractivity contribution in [1.29, 1.82) is 0 Å². The van der Waals surface area contributed by atoms with Gasteiger partial charge >= 0.3 is 0 Å². The molecular weight excluding hydrogens is 350 g/mol. The van der Waals surface area contributed by atoms with E-state index in [0.717, 1.165) is 11.3 Å². The molecule has 0 fully saturated rings. The number of carbonyl (C=O) groups excluding carboxylic acids is 1. The second-order valence-electron chi connectivity index (χ2n) is 5.57. The molecule has 0 spiro atoms. The van der Waals surface area contributed by atoms with Gasteiger partial charge in [0.05, 0.1) is 18.6 Å². The highest BCUT2D eigenvalue weighted by Crippen LogP contribution is 2.25. The molecule has 26 heavy (non-hydrogen) atoms. The maximum atomic E-state index is 12.3. The Kier molecular flexibility index (Phi) is 6.06. The van der Waals surface area contributed by atoms with E-state index in [0.29, 0.717) is 36.4 Å². The van der Waals surface area contributed by atoms with E-state index >= 15 is 0 Å². The summed E-state index contributed by atoms with van der Waals surface area (Å²) < 4.78 is 7.43. The number of rotatable bonds is 8. The lowest BCUT2D eigenvalue weighted by atomic mass is 10.2. The van der Waals surface area contributed by atoms with Crippen LogP contribution in [0.2, 0.25) is 0 Å². The van der Waals surface area contributed by atoms with Crippen molar-refractivity contribution < 1.29 is 9.21 Å². The highest BCUT2D eigenvalue weighted by molar-refractivity contribution is 7.99. The molecule has 0 saturated carbocycles. The number of aromatic nitrogens is 4. The second-order valence-corrected chi connectivity index (χ2v) is 6.51. The molecule has 3 aromatic rings. The molecule has 3 rings (SSSR count). The molecule has 0 N–H and O–H groups in total. The van der Waals surface area contributed by atoms with E-state index in [1.165, 1.54) is 11.8 Å². The van der Waals surface area contributed by atoms with Crippen LogP contribution in [0, 0.1) is 0 Å². The molecule has 0 bridgehead atoms. The predicted octanol–water partition coefficient (Wildman–Crippen LogP) is 2.94. The molecule has 0 atom stereocenters. The van der Waals surface area contributed by atoms with E-state index in [9.17, 15) is 4.79 Å². The molecule has 0 aliphatic carbocycles. The molecule has 136 valence electrons. The van der Waals surface area contributed by atoms with Gasteiger partial charge in [0.15, 0.2) is 11.0 Å². The summed E-state index contributed by atoms with van der Waals surface area (Å²) in [5.74, 6) is 1.92. The van der Waals surface area contributed by atoms with E-state index in [-0.39, 0.29) is 5.91 Å². The Bertz CT molecular complexity index is 829. The first-order chi connectivity index (χ1) is 12.7. The number of nitrogens with zero attached hydrogens (tertiary/aromatic N) is 5. The number of pyridine rings is 1. The van der Waals surface area contributed by atoms with Crippen LogP contribution in [-0.2, 0) is 11.3 Å². The van der Waals surface area contributed by atoms with Crippen LogP contribution in [-0.4, -0.2) is 49.4 Å². The summed E-state index contributed by atoms with van der Waals surface area (Å²) in [4.78, 5) is 18.3. The summed E-state index contributed by atoms with van der Waals surface area (Å²) in [7, 11) is 0. The first-order valence-corrected chi connectivity index (χ1v) is 9.48. The average Bonchev–Trinajstić information content (AvgIpc) is 3.32. The van der Waals surface area contributed by atoms with E-state index in [4.69, 9.17) is 4.42 Å².